The Morgan fingerprint density at radius 1 is 1.35 bits per heavy atom. The molecule has 1 aromatic heterocycles. The number of carbonyl (C=O) groups is 1. The SMILES string of the molecule is O=C(NC1(CBr)CCCCC1)c1ccnnc1. The van der Waals surface area contributed by atoms with Gasteiger partial charge in [-0.3, -0.25) is 4.79 Å². The van der Waals surface area contributed by atoms with Crippen molar-refractivity contribution < 1.29 is 4.79 Å². The van der Waals surface area contributed by atoms with Crippen molar-refractivity contribution in [2.24, 2.45) is 0 Å². The number of hydrogen-bond donors (Lipinski definition) is 1. The lowest BCUT2D eigenvalue weighted by atomic mass is 9.83. The minimum atomic E-state index is -0.0847. The molecule has 1 aromatic rings. The van der Waals surface area contributed by atoms with Crippen LogP contribution in [0.25, 0.3) is 0 Å². The Bertz CT molecular complexity index is 377. The van der Waals surface area contributed by atoms with Gasteiger partial charge in [-0.15, -0.1) is 0 Å². The summed E-state index contributed by atoms with van der Waals surface area (Å²) < 4.78 is 0. The fraction of sp³-hybridized carbons (Fsp3) is 0.583. The molecule has 0 saturated heterocycles. The molecule has 1 saturated carbocycles. The smallest absolute Gasteiger partial charge is 0.253 e. The minimum Gasteiger partial charge on any atom is -0.346 e. The van der Waals surface area contributed by atoms with Crippen molar-refractivity contribution in [3.8, 4) is 0 Å². The van der Waals surface area contributed by atoms with Gasteiger partial charge in [0.15, 0.2) is 0 Å². The van der Waals surface area contributed by atoms with Gasteiger partial charge in [-0.1, -0.05) is 35.2 Å². The lowest BCUT2D eigenvalue weighted by Crippen LogP contribution is -2.51. The second-order valence-corrected chi connectivity index (χ2v) is 5.12. The number of amides is 1. The van der Waals surface area contributed by atoms with Gasteiger partial charge in [0, 0.05) is 5.33 Å². The van der Waals surface area contributed by atoms with Crippen molar-refractivity contribution in [1.82, 2.24) is 15.5 Å². The molecule has 0 aliphatic heterocycles. The van der Waals surface area contributed by atoms with E-state index in [0.29, 0.717) is 5.56 Å². The molecule has 17 heavy (non-hydrogen) atoms. The second-order valence-electron chi connectivity index (χ2n) is 4.56. The summed E-state index contributed by atoms with van der Waals surface area (Å²) in [6.07, 6.45) is 8.75. The highest BCUT2D eigenvalue weighted by Gasteiger charge is 2.32. The van der Waals surface area contributed by atoms with Crippen LogP contribution in [0.2, 0.25) is 0 Å². The number of halogens is 1. The molecule has 0 unspecified atom stereocenters. The monoisotopic (exact) mass is 297 g/mol. The van der Waals surface area contributed by atoms with Gasteiger partial charge in [0.25, 0.3) is 5.91 Å². The molecular formula is C12H16BrN3O. The molecule has 5 heteroatoms. The van der Waals surface area contributed by atoms with E-state index in [0.717, 1.165) is 18.2 Å². The zero-order chi connectivity index (χ0) is 12.1. The molecule has 1 aliphatic carbocycles. The molecule has 0 bridgehead atoms. The van der Waals surface area contributed by atoms with Crippen LogP contribution in [0, 0.1) is 0 Å². The fourth-order valence-electron chi connectivity index (χ4n) is 2.26. The van der Waals surface area contributed by atoms with Gasteiger partial charge in [-0.05, 0) is 18.9 Å². The van der Waals surface area contributed by atoms with Crippen LogP contribution >= 0.6 is 15.9 Å². The normalized spacial score (nSPS) is 18.6. The number of carbonyl (C=O) groups excluding carboxylic acids is 1. The molecule has 1 amide bonds. The summed E-state index contributed by atoms with van der Waals surface area (Å²) in [5.41, 5.74) is 0.490. The summed E-state index contributed by atoms with van der Waals surface area (Å²) in [5.74, 6) is -0.0544. The predicted molar refractivity (Wildman–Crippen MR) is 69.1 cm³/mol. The van der Waals surface area contributed by atoms with Gasteiger partial charge in [0.2, 0.25) is 0 Å². The lowest BCUT2D eigenvalue weighted by molar-refractivity contribution is 0.0886. The van der Waals surface area contributed by atoms with E-state index in [2.05, 4.69) is 31.4 Å². The van der Waals surface area contributed by atoms with Gasteiger partial charge in [-0.2, -0.15) is 10.2 Å². The average Bonchev–Trinajstić information content (AvgIpc) is 2.41. The highest BCUT2D eigenvalue weighted by atomic mass is 79.9. The largest absolute Gasteiger partial charge is 0.346 e. The van der Waals surface area contributed by atoms with Crippen LogP contribution in [0.4, 0.5) is 0 Å². The topological polar surface area (TPSA) is 54.9 Å². The van der Waals surface area contributed by atoms with Crippen molar-refractivity contribution in [3.63, 3.8) is 0 Å². The maximum absolute atomic E-state index is 12.1. The summed E-state index contributed by atoms with van der Waals surface area (Å²) in [6, 6.07) is 1.69. The van der Waals surface area contributed by atoms with Gasteiger partial charge in [-0.25, -0.2) is 0 Å². The number of rotatable bonds is 3. The number of nitrogens with one attached hydrogen (secondary N) is 1. The van der Waals surface area contributed by atoms with Gasteiger partial charge in [0.1, 0.15) is 0 Å². The van der Waals surface area contributed by atoms with E-state index in [9.17, 15) is 4.79 Å². The maximum Gasteiger partial charge on any atom is 0.253 e. The van der Waals surface area contributed by atoms with E-state index in [1.807, 2.05) is 0 Å². The van der Waals surface area contributed by atoms with Gasteiger partial charge < -0.3 is 5.32 Å². The predicted octanol–water partition coefficient (Wildman–Crippen LogP) is 2.30. The highest BCUT2D eigenvalue weighted by molar-refractivity contribution is 9.09. The Morgan fingerprint density at radius 2 is 2.12 bits per heavy atom. The third-order valence-corrected chi connectivity index (χ3v) is 4.36. The average molecular weight is 298 g/mol. The molecule has 1 N–H and O–H groups in total. The van der Waals surface area contributed by atoms with Crippen molar-refractivity contribution in [2.45, 2.75) is 37.6 Å². The van der Waals surface area contributed by atoms with E-state index < -0.39 is 0 Å². The number of nitrogens with zero attached hydrogens (tertiary/aromatic N) is 2. The van der Waals surface area contributed by atoms with E-state index in [1.165, 1.54) is 31.7 Å². The van der Waals surface area contributed by atoms with Gasteiger partial charge in [0.05, 0.1) is 23.5 Å². The molecule has 1 fully saturated rings. The molecule has 92 valence electrons. The Labute approximate surface area is 109 Å². The molecule has 0 aromatic carbocycles. The van der Waals surface area contributed by atoms with Crippen LogP contribution in [-0.4, -0.2) is 27.0 Å². The molecule has 4 nitrogen and oxygen atoms in total. The first-order valence-corrected chi connectivity index (χ1v) is 7.03. The Balaban J connectivity index is 2.06. The molecule has 0 spiro atoms. The van der Waals surface area contributed by atoms with E-state index in [4.69, 9.17) is 0 Å². The summed E-state index contributed by atoms with van der Waals surface area (Å²) >= 11 is 3.53. The summed E-state index contributed by atoms with van der Waals surface area (Å²) in [6.45, 7) is 0. The van der Waals surface area contributed by atoms with E-state index >= 15 is 0 Å². The van der Waals surface area contributed by atoms with E-state index in [1.54, 1.807) is 6.07 Å². The Kier molecular flexibility index (Phi) is 4.10. The first-order chi connectivity index (χ1) is 8.26. The second kappa shape index (κ2) is 5.58. The van der Waals surface area contributed by atoms with Crippen LogP contribution in [-0.2, 0) is 0 Å². The van der Waals surface area contributed by atoms with Crippen molar-refractivity contribution in [2.75, 3.05) is 5.33 Å². The maximum atomic E-state index is 12.1. The summed E-state index contributed by atoms with van der Waals surface area (Å²) in [7, 11) is 0. The standard InChI is InChI=1S/C12H16BrN3O/c13-9-12(5-2-1-3-6-12)16-11(17)10-4-7-14-15-8-10/h4,7-8H,1-3,5-6,9H2,(H,16,17). The fourth-order valence-corrected chi connectivity index (χ4v) is 2.96. The zero-order valence-electron chi connectivity index (χ0n) is 9.66. The quantitative estimate of drug-likeness (QED) is 0.871. The number of aromatic nitrogens is 2. The molecule has 1 aliphatic rings. The molecule has 2 rings (SSSR count). The number of alkyl halides is 1. The molecular weight excluding hydrogens is 282 g/mol. The van der Waals surface area contributed by atoms with Crippen LogP contribution in [0.5, 0.6) is 0 Å². The first-order valence-electron chi connectivity index (χ1n) is 5.91. The van der Waals surface area contributed by atoms with Crippen molar-refractivity contribution >= 4 is 21.8 Å². The van der Waals surface area contributed by atoms with Crippen molar-refractivity contribution in [3.05, 3.63) is 24.0 Å². The zero-order valence-corrected chi connectivity index (χ0v) is 11.2. The van der Waals surface area contributed by atoms with Crippen LogP contribution in [0.3, 0.4) is 0 Å². The highest BCUT2D eigenvalue weighted by Crippen LogP contribution is 2.30. The Hall–Kier alpha value is -0.970. The minimum absolute atomic E-state index is 0.0544. The summed E-state index contributed by atoms with van der Waals surface area (Å²) in [4.78, 5) is 12.1. The van der Waals surface area contributed by atoms with Gasteiger partial charge >= 0.3 is 0 Å². The number of hydrogen-bond acceptors (Lipinski definition) is 3. The van der Waals surface area contributed by atoms with Crippen LogP contribution < -0.4 is 5.32 Å². The summed E-state index contributed by atoms with van der Waals surface area (Å²) in [5, 5.41) is 11.4. The molecule has 0 atom stereocenters. The van der Waals surface area contributed by atoms with Crippen molar-refractivity contribution in [1.29, 1.82) is 0 Å². The third kappa shape index (κ3) is 3.03. The van der Waals surface area contributed by atoms with Crippen LogP contribution in [0.1, 0.15) is 42.5 Å². The molecule has 0 radical (unpaired) electrons. The van der Waals surface area contributed by atoms with Crippen LogP contribution in [0.15, 0.2) is 18.5 Å². The molecule has 1 heterocycles. The van der Waals surface area contributed by atoms with E-state index in [-0.39, 0.29) is 11.4 Å². The third-order valence-electron chi connectivity index (χ3n) is 3.29. The lowest BCUT2D eigenvalue weighted by Gasteiger charge is -2.36. The Morgan fingerprint density at radius 3 is 2.71 bits per heavy atom. The first kappa shape index (κ1) is 12.5.